The van der Waals surface area contributed by atoms with Gasteiger partial charge in [-0.2, -0.15) is 0 Å². The fourth-order valence-corrected chi connectivity index (χ4v) is 7.84. The largest absolute Gasteiger partial charge is 0.324 e. The fourth-order valence-electron chi connectivity index (χ4n) is 5.07. The third-order valence-corrected chi connectivity index (χ3v) is 9.50. The van der Waals surface area contributed by atoms with Gasteiger partial charge in [-0.15, -0.1) is 0 Å². The molecule has 4 aromatic rings. The van der Waals surface area contributed by atoms with Crippen LogP contribution in [-0.2, 0) is 20.9 Å². The molecule has 39 heavy (non-hydrogen) atoms. The Hall–Kier alpha value is -4.09. The summed E-state index contributed by atoms with van der Waals surface area (Å²) in [5, 5.41) is 2.50. The Kier molecular flexibility index (Phi) is 6.40. The summed E-state index contributed by atoms with van der Waals surface area (Å²) in [6, 6.07) is 16.1. The zero-order valence-corrected chi connectivity index (χ0v) is 22.2. The smallest absolute Gasteiger partial charge is 0.308 e. The third-order valence-electron chi connectivity index (χ3n) is 6.90. The van der Waals surface area contributed by atoms with Crippen molar-refractivity contribution in [3.63, 3.8) is 0 Å². The molecule has 6 rings (SSSR count). The van der Waals surface area contributed by atoms with Gasteiger partial charge in [0.25, 0.3) is 0 Å². The second kappa shape index (κ2) is 9.90. The van der Waals surface area contributed by atoms with Gasteiger partial charge in [-0.3, -0.25) is 28.7 Å². The number of carbonyl (C=O) groups is 3. The molecule has 0 aliphatic carbocycles. The van der Waals surface area contributed by atoms with E-state index in [4.69, 9.17) is 0 Å². The number of amides is 3. The van der Waals surface area contributed by atoms with Crippen LogP contribution in [0.3, 0.4) is 0 Å². The molecule has 0 bridgehead atoms. The second-order valence-corrected chi connectivity index (χ2v) is 11.4. The predicted octanol–water partition coefficient (Wildman–Crippen LogP) is 4.19. The monoisotopic (exact) mass is 560 g/mol. The lowest BCUT2D eigenvalue weighted by Crippen LogP contribution is -2.33. The molecule has 2 aliphatic heterocycles. The Bertz CT molecular complexity index is 1670. The number of halogens is 1. The van der Waals surface area contributed by atoms with E-state index < -0.39 is 34.7 Å². The van der Waals surface area contributed by atoms with Gasteiger partial charge in [0.15, 0.2) is 0 Å². The van der Waals surface area contributed by atoms with E-state index in [1.807, 2.05) is 31.2 Å². The van der Waals surface area contributed by atoms with E-state index in [1.54, 1.807) is 24.5 Å². The van der Waals surface area contributed by atoms with Gasteiger partial charge in [-0.1, -0.05) is 47.4 Å². The molecule has 3 atom stereocenters. The van der Waals surface area contributed by atoms with Gasteiger partial charge < -0.3 is 5.32 Å². The van der Waals surface area contributed by atoms with Crippen molar-refractivity contribution in [3.05, 3.63) is 105 Å². The number of nitrogens with one attached hydrogen (secondary N) is 1. The van der Waals surface area contributed by atoms with Crippen molar-refractivity contribution < 1.29 is 18.8 Å². The van der Waals surface area contributed by atoms with Gasteiger partial charge in [0.1, 0.15) is 17.6 Å². The van der Waals surface area contributed by atoms with Crippen LogP contribution in [0.15, 0.2) is 82.9 Å². The molecule has 2 unspecified atom stereocenters. The molecule has 8 nitrogen and oxygen atoms in total. The molecule has 2 aliphatic rings. The second-order valence-electron chi connectivity index (χ2n) is 9.30. The number of anilines is 2. The zero-order valence-electron chi connectivity index (χ0n) is 20.5. The highest BCUT2D eigenvalue weighted by atomic mass is 32.2. The number of aryl methyl sites for hydroxylation is 1. The Labute approximate surface area is 230 Å². The van der Waals surface area contributed by atoms with Crippen LogP contribution in [0.5, 0.6) is 0 Å². The summed E-state index contributed by atoms with van der Waals surface area (Å²) in [5.74, 6) is -3.14. The number of carbonyl (C=O) groups excluding carboxylic acids is 3. The third kappa shape index (κ3) is 4.37. The van der Waals surface area contributed by atoms with Crippen molar-refractivity contribution in [2.45, 2.75) is 29.7 Å². The molecule has 196 valence electrons. The number of benzene rings is 2. The lowest BCUT2D eigenvalue weighted by Gasteiger charge is -2.30. The first kappa shape index (κ1) is 25.2. The topological polar surface area (TPSA) is 101 Å². The first-order chi connectivity index (χ1) is 18.8. The van der Waals surface area contributed by atoms with E-state index in [-0.39, 0.29) is 23.0 Å². The van der Waals surface area contributed by atoms with Crippen LogP contribution in [0, 0.1) is 18.7 Å². The van der Waals surface area contributed by atoms with Crippen molar-refractivity contribution in [2.75, 3.05) is 10.2 Å². The average molecular weight is 561 g/mol. The molecule has 1 fully saturated rings. The average Bonchev–Trinajstić information content (AvgIpc) is 3.37. The molecule has 0 saturated carbocycles. The standard InChI is InChI=1S/C28H21FN4O4S2/c1-15-5-2-3-7-19(15)31-20(34)14-32-27-24(39-28(32)37)21(16-6-4-12-30-13-16)22-23(38-27)26(36)33(25(22)35)18-10-8-17(29)9-11-18/h2-13,21-23H,14H2,1H3,(H,31,34)/t21-,22?,23?/m1/s1. The molecule has 1 saturated heterocycles. The number of hydrogen-bond acceptors (Lipinski definition) is 7. The van der Waals surface area contributed by atoms with Gasteiger partial charge in [0, 0.05) is 28.9 Å². The van der Waals surface area contributed by atoms with Crippen molar-refractivity contribution >= 4 is 52.2 Å². The number of pyridine rings is 1. The van der Waals surface area contributed by atoms with Crippen molar-refractivity contribution in [3.8, 4) is 0 Å². The predicted molar refractivity (Wildman–Crippen MR) is 146 cm³/mol. The number of rotatable bonds is 5. The fraction of sp³-hybridized carbons (Fsp3) is 0.179. The van der Waals surface area contributed by atoms with Crippen molar-refractivity contribution in [1.29, 1.82) is 0 Å². The van der Waals surface area contributed by atoms with Crippen LogP contribution >= 0.6 is 23.1 Å². The summed E-state index contributed by atoms with van der Waals surface area (Å²) < 4.78 is 14.9. The summed E-state index contributed by atoms with van der Waals surface area (Å²) >= 11 is 2.09. The van der Waals surface area contributed by atoms with Crippen LogP contribution in [0.2, 0.25) is 0 Å². The summed E-state index contributed by atoms with van der Waals surface area (Å²) in [4.78, 5) is 59.2. The van der Waals surface area contributed by atoms with Crippen LogP contribution in [0.4, 0.5) is 15.8 Å². The normalized spacial score (nSPS) is 20.1. The molecule has 2 aromatic carbocycles. The van der Waals surface area contributed by atoms with Gasteiger partial charge in [-0.25, -0.2) is 9.29 Å². The van der Waals surface area contributed by atoms with Crippen molar-refractivity contribution in [2.24, 2.45) is 5.92 Å². The van der Waals surface area contributed by atoms with Crippen LogP contribution < -0.4 is 15.1 Å². The molecule has 11 heteroatoms. The minimum atomic E-state index is -0.833. The summed E-state index contributed by atoms with van der Waals surface area (Å²) in [7, 11) is 0. The minimum absolute atomic E-state index is 0.243. The van der Waals surface area contributed by atoms with Crippen LogP contribution in [-0.4, -0.2) is 32.5 Å². The van der Waals surface area contributed by atoms with E-state index in [0.29, 0.717) is 21.2 Å². The van der Waals surface area contributed by atoms with E-state index >= 15 is 0 Å². The van der Waals surface area contributed by atoms with Gasteiger partial charge in [-0.05, 0) is 54.4 Å². The lowest BCUT2D eigenvalue weighted by molar-refractivity contribution is -0.122. The number of hydrogen-bond donors (Lipinski definition) is 1. The Morgan fingerprint density at radius 2 is 1.79 bits per heavy atom. The highest BCUT2D eigenvalue weighted by Gasteiger charge is 2.56. The molecular weight excluding hydrogens is 539 g/mol. The summed E-state index contributed by atoms with van der Waals surface area (Å²) in [5.41, 5.74) is 2.50. The Morgan fingerprint density at radius 1 is 1.03 bits per heavy atom. The quantitative estimate of drug-likeness (QED) is 0.368. The molecule has 0 spiro atoms. The van der Waals surface area contributed by atoms with Crippen LogP contribution in [0.25, 0.3) is 0 Å². The number of nitrogens with zero attached hydrogens (tertiary/aromatic N) is 3. The number of imide groups is 1. The maximum Gasteiger partial charge on any atom is 0.308 e. The van der Waals surface area contributed by atoms with Gasteiger partial charge >= 0.3 is 4.87 Å². The highest BCUT2D eigenvalue weighted by molar-refractivity contribution is 8.00. The summed E-state index contributed by atoms with van der Waals surface area (Å²) in [6.45, 7) is 1.63. The number of thiazole rings is 1. The zero-order chi connectivity index (χ0) is 27.3. The van der Waals surface area contributed by atoms with E-state index in [1.165, 1.54) is 28.8 Å². The maximum atomic E-state index is 13.8. The van der Waals surface area contributed by atoms with Crippen molar-refractivity contribution in [1.82, 2.24) is 9.55 Å². The SMILES string of the molecule is Cc1ccccc1NC(=O)Cn1c2c(sc1=O)[C@H](c1cccnc1)C1C(=O)N(c3ccc(F)cc3)C(=O)C1S2. The van der Waals surface area contributed by atoms with E-state index in [2.05, 4.69) is 10.3 Å². The molecule has 0 radical (unpaired) electrons. The minimum Gasteiger partial charge on any atom is -0.324 e. The first-order valence-electron chi connectivity index (χ1n) is 12.1. The molecular formula is C28H21FN4O4S2. The number of para-hydroxylation sites is 1. The van der Waals surface area contributed by atoms with Crippen LogP contribution in [0.1, 0.15) is 21.9 Å². The highest BCUT2D eigenvalue weighted by Crippen LogP contribution is 2.53. The van der Waals surface area contributed by atoms with Gasteiger partial charge in [0.05, 0.1) is 16.6 Å². The van der Waals surface area contributed by atoms with E-state index in [9.17, 15) is 23.6 Å². The lowest BCUT2D eigenvalue weighted by atomic mass is 9.84. The van der Waals surface area contributed by atoms with E-state index in [0.717, 1.165) is 33.6 Å². The summed E-state index contributed by atoms with van der Waals surface area (Å²) in [6.07, 6.45) is 3.23. The number of thioether (sulfide) groups is 1. The number of aromatic nitrogens is 2. The Balaban J connectivity index is 1.40. The molecule has 2 aromatic heterocycles. The Morgan fingerprint density at radius 3 is 2.51 bits per heavy atom. The molecule has 3 amide bonds. The number of fused-ring (bicyclic) bond motifs is 2. The maximum absolute atomic E-state index is 13.8. The molecule has 4 heterocycles. The molecule has 1 N–H and O–H groups in total. The van der Waals surface area contributed by atoms with Gasteiger partial charge in [0.2, 0.25) is 17.7 Å². The first-order valence-corrected chi connectivity index (χ1v) is 13.8.